The molecule has 1 aromatic carbocycles. The van der Waals surface area contributed by atoms with Gasteiger partial charge in [0, 0.05) is 23.5 Å². The van der Waals surface area contributed by atoms with E-state index in [4.69, 9.17) is 4.74 Å². The van der Waals surface area contributed by atoms with Gasteiger partial charge in [-0.1, -0.05) is 18.2 Å². The van der Waals surface area contributed by atoms with Crippen LogP contribution in [0.2, 0.25) is 0 Å². The maximum absolute atomic E-state index is 13.1. The fourth-order valence-corrected chi connectivity index (χ4v) is 3.23. The highest BCUT2D eigenvalue weighted by molar-refractivity contribution is 5.99. The first-order valence-electron chi connectivity index (χ1n) is 10.6. The third-order valence-corrected chi connectivity index (χ3v) is 4.86. The van der Waals surface area contributed by atoms with Crippen molar-refractivity contribution < 1.29 is 19.1 Å². The number of hydrogen-bond donors (Lipinski definition) is 5. The molecule has 5 N–H and O–H groups in total. The molecule has 0 saturated heterocycles. The van der Waals surface area contributed by atoms with Gasteiger partial charge in [0.2, 0.25) is 11.8 Å². The molecule has 10 nitrogen and oxygen atoms in total. The fraction of sp³-hybridized carbons (Fsp3) is 0.391. The summed E-state index contributed by atoms with van der Waals surface area (Å²) >= 11 is 0. The molecule has 0 bridgehead atoms. The highest BCUT2D eigenvalue weighted by Gasteiger charge is 2.34. The first-order chi connectivity index (χ1) is 15.4. The van der Waals surface area contributed by atoms with Crippen LogP contribution in [0.1, 0.15) is 40.2 Å². The standard InChI is InChI=1S/C23H30N6O4/c1-22(2,3)33-21(32)29-23(4,5)20(31)27-17(19(30)28-18-12-24-13-26-18)10-14-11-25-16-9-7-6-8-15(14)16/h6-9,11-13,17,25H,10H2,1-5H3,(H,24,26)(H,27,31)(H,28,30)(H,29,32). The Balaban J connectivity index is 1.78. The van der Waals surface area contributed by atoms with Gasteiger partial charge in [-0.3, -0.25) is 9.59 Å². The van der Waals surface area contributed by atoms with Crippen LogP contribution in [0.4, 0.5) is 10.6 Å². The zero-order valence-corrected chi connectivity index (χ0v) is 19.4. The van der Waals surface area contributed by atoms with Crippen molar-refractivity contribution >= 4 is 34.6 Å². The van der Waals surface area contributed by atoms with E-state index in [1.165, 1.54) is 12.5 Å². The highest BCUT2D eigenvalue weighted by atomic mass is 16.6. The number of para-hydroxylation sites is 1. The molecule has 33 heavy (non-hydrogen) atoms. The Bertz CT molecular complexity index is 1130. The lowest BCUT2D eigenvalue weighted by Gasteiger charge is -2.29. The second-order valence-electron chi connectivity index (χ2n) is 9.30. The van der Waals surface area contributed by atoms with Crippen molar-refractivity contribution in [3.8, 4) is 0 Å². The summed E-state index contributed by atoms with van der Waals surface area (Å²) < 4.78 is 5.26. The lowest BCUT2D eigenvalue weighted by Crippen LogP contribution is -2.59. The van der Waals surface area contributed by atoms with Crippen LogP contribution in [0.5, 0.6) is 0 Å². The maximum atomic E-state index is 13.1. The van der Waals surface area contributed by atoms with Crippen molar-refractivity contribution in [3.63, 3.8) is 0 Å². The number of alkyl carbamates (subject to hydrolysis) is 1. The third kappa shape index (κ3) is 6.34. The molecule has 3 rings (SSSR count). The quantitative estimate of drug-likeness (QED) is 0.373. The second-order valence-corrected chi connectivity index (χ2v) is 9.30. The normalized spacial score (nSPS) is 12.8. The number of aromatic nitrogens is 3. The number of H-pyrrole nitrogens is 2. The monoisotopic (exact) mass is 454 g/mol. The number of benzene rings is 1. The minimum atomic E-state index is -1.32. The number of carbonyl (C=O) groups excluding carboxylic acids is 3. The summed E-state index contributed by atoms with van der Waals surface area (Å²) in [6.07, 6.45) is 4.24. The van der Waals surface area contributed by atoms with E-state index in [1.807, 2.05) is 30.5 Å². The first-order valence-corrected chi connectivity index (χ1v) is 10.6. The predicted molar refractivity (Wildman–Crippen MR) is 125 cm³/mol. The molecule has 3 aromatic rings. The number of nitrogens with one attached hydrogen (secondary N) is 5. The summed E-state index contributed by atoms with van der Waals surface area (Å²) in [6, 6.07) is 6.79. The maximum Gasteiger partial charge on any atom is 0.408 e. The third-order valence-electron chi connectivity index (χ3n) is 4.86. The van der Waals surface area contributed by atoms with Crippen LogP contribution >= 0.6 is 0 Å². The van der Waals surface area contributed by atoms with E-state index in [0.29, 0.717) is 5.82 Å². The lowest BCUT2D eigenvalue weighted by atomic mass is 10.0. The molecule has 0 radical (unpaired) electrons. The molecule has 0 aliphatic rings. The summed E-state index contributed by atoms with van der Waals surface area (Å²) in [4.78, 5) is 48.2. The van der Waals surface area contributed by atoms with E-state index in [2.05, 4.69) is 30.9 Å². The Morgan fingerprint density at radius 1 is 1.09 bits per heavy atom. The number of ether oxygens (including phenoxy) is 1. The van der Waals surface area contributed by atoms with Crippen LogP contribution in [0.25, 0.3) is 10.9 Å². The zero-order valence-electron chi connectivity index (χ0n) is 19.4. The Morgan fingerprint density at radius 3 is 2.48 bits per heavy atom. The summed E-state index contributed by atoms with van der Waals surface area (Å²) in [6.45, 7) is 8.29. The van der Waals surface area contributed by atoms with Crippen LogP contribution in [0.3, 0.4) is 0 Å². The number of aromatic amines is 2. The summed E-state index contributed by atoms with van der Waals surface area (Å²) in [5.41, 5.74) is -0.236. The molecule has 1 atom stereocenters. The minimum absolute atomic E-state index is 0.234. The predicted octanol–water partition coefficient (Wildman–Crippen LogP) is 2.86. The van der Waals surface area contributed by atoms with Crippen LogP contribution in [0, 0.1) is 0 Å². The van der Waals surface area contributed by atoms with Gasteiger partial charge in [-0.2, -0.15) is 0 Å². The first kappa shape index (κ1) is 23.8. The van der Waals surface area contributed by atoms with Gasteiger partial charge in [-0.25, -0.2) is 9.78 Å². The van der Waals surface area contributed by atoms with Gasteiger partial charge in [0.25, 0.3) is 0 Å². The average molecular weight is 455 g/mol. The molecule has 3 amide bonds. The molecule has 0 fully saturated rings. The van der Waals surface area contributed by atoms with Crippen molar-refractivity contribution in [2.45, 2.75) is 58.2 Å². The number of anilines is 1. The van der Waals surface area contributed by atoms with Crippen LogP contribution in [0.15, 0.2) is 43.0 Å². The molecule has 1 unspecified atom stereocenters. The number of fused-ring (bicyclic) bond motifs is 1. The van der Waals surface area contributed by atoms with E-state index in [9.17, 15) is 14.4 Å². The van der Waals surface area contributed by atoms with Crippen LogP contribution in [-0.4, -0.2) is 50.0 Å². The SMILES string of the molecule is CC(C)(C)OC(=O)NC(C)(C)C(=O)NC(Cc1c[nH]c2ccccc12)C(=O)Nc1cnc[nH]1. The highest BCUT2D eigenvalue weighted by Crippen LogP contribution is 2.20. The fourth-order valence-electron chi connectivity index (χ4n) is 3.23. The van der Waals surface area contributed by atoms with Gasteiger partial charge in [0.1, 0.15) is 23.0 Å². The van der Waals surface area contributed by atoms with Crippen molar-refractivity contribution in [3.05, 3.63) is 48.5 Å². The molecular formula is C23H30N6O4. The van der Waals surface area contributed by atoms with Crippen LogP contribution in [-0.2, 0) is 20.7 Å². The van der Waals surface area contributed by atoms with Gasteiger partial charge in [0.15, 0.2) is 0 Å². The summed E-state index contributed by atoms with van der Waals surface area (Å²) in [7, 11) is 0. The topological polar surface area (TPSA) is 141 Å². The minimum Gasteiger partial charge on any atom is -0.444 e. The lowest BCUT2D eigenvalue weighted by molar-refractivity contribution is -0.130. The van der Waals surface area contributed by atoms with Crippen molar-refractivity contribution in [2.75, 3.05) is 5.32 Å². The second kappa shape index (κ2) is 9.35. The van der Waals surface area contributed by atoms with Crippen molar-refractivity contribution in [1.29, 1.82) is 0 Å². The van der Waals surface area contributed by atoms with Crippen LogP contribution < -0.4 is 16.0 Å². The molecule has 0 saturated carbocycles. The Labute approximate surface area is 191 Å². The van der Waals surface area contributed by atoms with Gasteiger partial charge in [-0.15, -0.1) is 0 Å². The number of carbonyl (C=O) groups is 3. The zero-order chi connectivity index (χ0) is 24.2. The summed E-state index contributed by atoms with van der Waals surface area (Å²) in [5, 5.41) is 9.01. The van der Waals surface area contributed by atoms with E-state index in [1.54, 1.807) is 34.6 Å². The molecular weight excluding hydrogens is 424 g/mol. The van der Waals surface area contributed by atoms with Gasteiger partial charge in [0.05, 0.1) is 12.5 Å². The van der Waals surface area contributed by atoms with E-state index in [0.717, 1.165) is 16.5 Å². The van der Waals surface area contributed by atoms with Gasteiger partial charge >= 0.3 is 6.09 Å². The molecule has 0 spiro atoms. The average Bonchev–Trinajstić information content (AvgIpc) is 3.35. The smallest absolute Gasteiger partial charge is 0.408 e. The number of imidazole rings is 1. The molecule has 2 heterocycles. The van der Waals surface area contributed by atoms with Crippen molar-refractivity contribution in [1.82, 2.24) is 25.6 Å². The number of amides is 3. The van der Waals surface area contributed by atoms with Gasteiger partial charge in [-0.05, 0) is 46.2 Å². The molecule has 0 aliphatic carbocycles. The molecule has 2 aromatic heterocycles. The Morgan fingerprint density at radius 2 is 1.82 bits per heavy atom. The van der Waals surface area contributed by atoms with Gasteiger partial charge < -0.3 is 30.7 Å². The van der Waals surface area contributed by atoms with Crippen molar-refractivity contribution in [2.24, 2.45) is 0 Å². The Hall–Kier alpha value is -3.82. The largest absolute Gasteiger partial charge is 0.444 e. The van der Waals surface area contributed by atoms with E-state index in [-0.39, 0.29) is 6.42 Å². The summed E-state index contributed by atoms with van der Waals surface area (Å²) in [5.74, 6) is -0.548. The number of hydrogen-bond acceptors (Lipinski definition) is 5. The number of rotatable bonds is 7. The number of nitrogens with zero attached hydrogens (tertiary/aromatic N) is 1. The molecule has 0 aliphatic heterocycles. The van der Waals surface area contributed by atoms with E-state index >= 15 is 0 Å². The molecule has 176 valence electrons. The van der Waals surface area contributed by atoms with E-state index < -0.39 is 35.1 Å². The molecule has 10 heteroatoms. The Kier molecular flexibility index (Phi) is 6.75.